The number of hydrogen-bond donors (Lipinski definition) is 1. The lowest BCUT2D eigenvalue weighted by molar-refractivity contribution is -0.126. The number of likely N-dealkylation sites (tertiary alicyclic amines) is 1. The maximum atomic E-state index is 13.1. The van der Waals surface area contributed by atoms with Gasteiger partial charge in [-0.3, -0.25) is 9.69 Å². The van der Waals surface area contributed by atoms with E-state index in [1.165, 1.54) is 17.7 Å². The molecule has 1 amide bonds. The third-order valence-corrected chi connectivity index (χ3v) is 5.88. The van der Waals surface area contributed by atoms with E-state index in [1.807, 2.05) is 18.2 Å². The van der Waals surface area contributed by atoms with E-state index in [9.17, 15) is 9.18 Å². The van der Waals surface area contributed by atoms with Gasteiger partial charge in [0.05, 0.1) is 19.6 Å². The minimum absolute atomic E-state index is 0.0462. The van der Waals surface area contributed by atoms with Crippen LogP contribution in [0.2, 0.25) is 0 Å². The highest BCUT2D eigenvalue weighted by atomic mass is 19.1. The lowest BCUT2D eigenvalue weighted by atomic mass is 9.97. The quantitative estimate of drug-likeness (QED) is 0.497. The van der Waals surface area contributed by atoms with Crippen molar-refractivity contribution in [3.63, 3.8) is 0 Å². The molecule has 4 rings (SSSR count). The molecular weight excluding hydrogens is 423 g/mol. The Labute approximate surface area is 192 Å². The Morgan fingerprint density at radius 1 is 1.27 bits per heavy atom. The monoisotopic (exact) mass is 452 g/mol. The number of halogens is 1. The van der Waals surface area contributed by atoms with Crippen molar-refractivity contribution in [3.8, 4) is 17.1 Å². The zero-order chi connectivity index (χ0) is 23.0. The van der Waals surface area contributed by atoms with Crippen LogP contribution in [0.3, 0.4) is 0 Å². The topological polar surface area (TPSA) is 80.5 Å². The summed E-state index contributed by atoms with van der Waals surface area (Å²) in [5.41, 5.74) is 1.91. The van der Waals surface area contributed by atoms with Crippen LogP contribution in [0.15, 0.2) is 53.1 Å². The van der Waals surface area contributed by atoms with Crippen molar-refractivity contribution in [2.45, 2.75) is 32.2 Å². The van der Waals surface area contributed by atoms with E-state index in [4.69, 9.17) is 9.26 Å². The Morgan fingerprint density at radius 2 is 2.12 bits per heavy atom. The van der Waals surface area contributed by atoms with Crippen LogP contribution in [-0.2, 0) is 17.8 Å². The van der Waals surface area contributed by atoms with Crippen molar-refractivity contribution in [2.24, 2.45) is 5.92 Å². The van der Waals surface area contributed by atoms with Gasteiger partial charge in [0.25, 0.3) is 0 Å². The van der Waals surface area contributed by atoms with E-state index in [0.29, 0.717) is 36.9 Å². The third kappa shape index (κ3) is 6.38. The van der Waals surface area contributed by atoms with E-state index < -0.39 is 0 Å². The van der Waals surface area contributed by atoms with Gasteiger partial charge in [-0.15, -0.1) is 0 Å². The van der Waals surface area contributed by atoms with Gasteiger partial charge >= 0.3 is 0 Å². The molecule has 1 N–H and O–H groups in total. The highest BCUT2D eigenvalue weighted by molar-refractivity contribution is 5.78. The Kier molecular flexibility index (Phi) is 7.67. The number of benzene rings is 2. The van der Waals surface area contributed by atoms with Crippen LogP contribution in [0, 0.1) is 11.7 Å². The molecule has 2 heterocycles. The van der Waals surface area contributed by atoms with E-state index in [2.05, 4.69) is 26.4 Å². The molecule has 1 saturated heterocycles. The fourth-order valence-corrected chi connectivity index (χ4v) is 4.12. The van der Waals surface area contributed by atoms with Crippen molar-refractivity contribution < 1.29 is 18.4 Å². The predicted molar refractivity (Wildman–Crippen MR) is 122 cm³/mol. The number of ether oxygens (including phenoxy) is 1. The molecule has 174 valence electrons. The van der Waals surface area contributed by atoms with Gasteiger partial charge in [-0.05, 0) is 74.2 Å². The number of methoxy groups -OCH3 is 1. The standard InChI is InChI=1S/C25H29FN4O3/c1-32-22-8-2-5-18(15-22)6-3-13-27-25(31)20-7-4-14-30(16-20)17-23-28-24(29-33-23)19-9-11-21(26)12-10-19/h2,5,8-12,15,20H,3-4,6-7,13-14,16-17H2,1H3,(H,27,31). The van der Waals surface area contributed by atoms with Gasteiger partial charge in [-0.25, -0.2) is 4.39 Å². The van der Waals surface area contributed by atoms with Gasteiger partial charge in [0.1, 0.15) is 11.6 Å². The van der Waals surface area contributed by atoms with Crippen LogP contribution in [-0.4, -0.2) is 47.7 Å². The number of aromatic nitrogens is 2. The molecule has 0 saturated carbocycles. The molecule has 1 fully saturated rings. The van der Waals surface area contributed by atoms with E-state index in [1.54, 1.807) is 19.2 Å². The fraction of sp³-hybridized carbons (Fsp3) is 0.400. The molecule has 0 radical (unpaired) electrons. The highest BCUT2D eigenvalue weighted by Gasteiger charge is 2.26. The molecule has 1 aromatic heterocycles. The van der Waals surface area contributed by atoms with Gasteiger partial charge in [0.2, 0.25) is 17.6 Å². The van der Waals surface area contributed by atoms with Crippen LogP contribution >= 0.6 is 0 Å². The van der Waals surface area contributed by atoms with Gasteiger partial charge in [-0.2, -0.15) is 4.98 Å². The van der Waals surface area contributed by atoms with Crippen molar-refractivity contribution in [1.82, 2.24) is 20.4 Å². The average Bonchev–Trinajstić information content (AvgIpc) is 3.31. The Bertz CT molecular complexity index is 1050. The summed E-state index contributed by atoms with van der Waals surface area (Å²) < 4.78 is 23.8. The first-order valence-corrected chi connectivity index (χ1v) is 11.3. The number of aryl methyl sites for hydroxylation is 1. The smallest absolute Gasteiger partial charge is 0.241 e. The van der Waals surface area contributed by atoms with Crippen molar-refractivity contribution >= 4 is 5.91 Å². The molecule has 7 nitrogen and oxygen atoms in total. The summed E-state index contributed by atoms with van der Waals surface area (Å²) in [5.74, 6) is 1.53. The minimum Gasteiger partial charge on any atom is -0.497 e. The molecule has 0 aliphatic carbocycles. The van der Waals surface area contributed by atoms with E-state index in [0.717, 1.165) is 38.0 Å². The molecule has 1 atom stereocenters. The molecule has 3 aromatic rings. The number of nitrogens with zero attached hydrogens (tertiary/aromatic N) is 3. The number of amides is 1. The van der Waals surface area contributed by atoms with Gasteiger partial charge in [0, 0.05) is 18.7 Å². The fourth-order valence-electron chi connectivity index (χ4n) is 4.12. The number of piperidine rings is 1. The minimum atomic E-state index is -0.305. The molecule has 0 bridgehead atoms. The van der Waals surface area contributed by atoms with Crippen LogP contribution < -0.4 is 10.1 Å². The summed E-state index contributed by atoms with van der Waals surface area (Å²) in [7, 11) is 1.66. The first-order chi connectivity index (χ1) is 16.1. The van der Waals surface area contributed by atoms with Crippen LogP contribution in [0.25, 0.3) is 11.4 Å². The second-order valence-electron chi connectivity index (χ2n) is 8.34. The first-order valence-electron chi connectivity index (χ1n) is 11.3. The lowest BCUT2D eigenvalue weighted by Gasteiger charge is -2.30. The molecule has 33 heavy (non-hydrogen) atoms. The van der Waals surface area contributed by atoms with Crippen molar-refractivity contribution in [3.05, 3.63) is 65.8 Å². The lowest BCUT2D eigenvalue weighted by Crippen LogP contribution is -2.43. The summed E-state index contributed by atoms with van der Waals surface area (Å²) in [5, 5.41) is 7.09. The number of rotatable bonds is 9. The Morgan fingerprint density at radius 3 is 2.94 bits per heavy atom. The van der Waals surface area contributed by atoms with Gasteiger partial charge in [-0.1, -0.05) is 17.3 Å². The summed E-state index contributed by atoms with van der Waals surface area (Å²) in [4.78, 5) is 19.3. The summed E-state index contributed by atoms with van der Waals surface area (Å²) in [6.45, 7) is 2.69. The number of hydrogen-bond acceptors (Lipinski definition) is 6. The van der Waals surface area contributed by atoms with Crippen LogP contribution in [0.4, 0.5) is 4.39 Å². The predicted octanol–water partition coefficient (Wildman–Crippen LogP) is 3.85. The number of carbonyl (C=O) groups is 1. The van der Waals surface area contributed by atoms with Gasteiger partial charge < -0.3 is 14.6 Å². The Hall–Kier alpha value is -3.26. The molecule has 1 unspecified atom stereocenters. The molecule has 1 aliphatic rings. The molecule has 1 aliphatic heterocycles. The van der Waals surface area contributed by atoms with Crippen molar-refractivity contribution in [2.75, 3.05) is 26.7 Å². The maximum Gasteiger partial charge on any atom is 0.241 e. The Balaban J connectivity index is 1.22. The number of carbonyl (C=O) groups excluding carboxylic acids is 1. The van der Waals surface area contributed by atoms with Crippen LogP contribution in [0.5, 0.6) is 5.75 Å². The van der Waals surface area contributed by atoms with E-state index in [-0.39, 0.29) is 17.6 Å². The SMILES string of the molecule is COc1cccc(CCCNC(=O)C2CCCN(Cc3nc(-c4ccc(F)cc4)no3)C2)c1. The summed E-state index contributed by atoms with van der Waals surface area (Å²) in [6, 6.07) is 14.0. The maximum absolute atomic E-state index is 13.1. The normalized spacial score (nSPS) is 16.5. The second kappa shape index (κ2) is 11.0. The van der Waals surface area contributed by atoms with E-state index >= 15 is 0 Å². The highest BCUT2D eigenvalue weighted by Crippen LogP contribution is 2.21. The zero-order valence-corrected chi connectivity index (χ0v) is 18.8. The van der Waals surface area contributed by atoms with Crippen molar-refractivity contribution in [1.29, 1.82) is 0 Å². The van der Waals surface area contributed by atoms with Crippen LogP contribution in [0.1, 0.15) is 30.7 Å². The largest absolute Gasteiger partial charge is 0.497 e. The zero-order valence-electron chi connectivity index (χ0n) is 18.8. The average molecular weight is 453 g/mol. The molecule has 8 heteroatoms. The molecule has 0 spiro atoms. The first kappa shape index (κ1) is 22.9. The summed E-state index contributed by atoms with van der Waals surface area (Å²) >= 11 is 0. The molecular formula is C25H29FN4O3. The summed E-state index contributed by atoms with van der Waals surface area (Å²) in [6.07, 6.45) is 3.59. The molecule has 2 aromatic carbocycles. The third-order valence-electron chi connectivity index (χ3n) is 5.88. The second-order valence-corrected chi connectivity index (χ2v) is 8.34. The number of nitrogens with one attached hydrogen (secondary N) is 1. The van der Waals surface area contributed by atoms with Gasteiger partial charge in [0.15, 0.2) is 0 Å².